The van der Waals surface area contributed by atoms with Gasteiger partial charge < -0.3 is 10.2 Å². The molecule has 0 saturated carbocycles. The molecule has 0 bridgehead atoms. The highest BCUT2D eigenvalue weighted by Gasteiger charge is 2.41. The molecular formula is C13H14Cl2N2O2. The number of rotatable bonds is 2. The summed E-state index contributed by atoms with van der Waals surface area (Å²) in [7, 11) is 0. The molecular weight excluding hydrogens is 287 g/mol. The molecule has 4 nitrogen and oxygen atoms in total. The fourth-order valence-corrected chi connectivity index (χ4v) is 2.41. The lowest BCUT2D eigenvalue weighted by molar-refractivity contribution is -0.152. The number of carbonyl (C=O) groups excluding carboxylic acids is 2. The van der Waals surface area contributed by atoms with Crippen LogP contribution in [0.5, 0.6) is 0 Å². The van der Waals surface area contributed by atoms with E-state index < -0.39 is 5.54 Å². The Kier molecular flexibility index (Phi) is 3.74. The van der Waals surface area contributed by atoms with Crippen LogP contribution in [0.4, 0.5) is 0 Å². The number of carbonyl (C=O) groups is 2. The Morgan fingerprint density at radius 1 is 1.32 bits per heavy atom. The van der Waals surface area contributed by atoms with Crippen molar-refractivity contribution in [2.24, 2.45) is 0 Å². The van der Waals surface area contributed by atoms with Gasteiger partial charge in [0, 0.05) is 6.54 Å². The van der Waals surface area contributed by atoms with Gasteiger partial charge in [0.25, 0.3) is 0 Å². The van der Waals surface area contributed by atoms with E-state index in [2.05, 4.69) is 5.32 Å². The number of hydrogen-bond donors (Lipinski definition) is 1. The molecule has 2 amide bonds. The van der Waals surface area contributed by atoms with E-state index in [0.717, 1.165) is 5.56 Å². The third kappa shape index (κ3) is 2.55. The number of piperazine rings is 1. The maximum atomic E-state index is 12.0. The third-order valence-corrected chi connectivity index (χ3v) is 4.15. The first-order valence-electron chi connectivity index (χ1n) is 5.85. The summed E-state index contributed by atoms with van der Waals surface area (Å²) >= 11 is 12.1. The van der Waals surface area contributed by atoms with Crippen LogP contribution in [0.1, 0.15) is 19.4 Å². The lowest BCUT2D eigenvalue weighted by atomic mass is 9.97. The van der Waals surface area contributed by atoms with E-state index in [9.17, 15) is 9.59 Å². The average Bonchev–Trinajstić information content (AvgIpc) is 2.35. The van der Waals surface area contributed by atoms with Gasteiger partial charge in [0.15, 0.2) is 0 Å². The molecule has 1 fully saturated rings. The van der Waals surface area contributed by atoms with Gasteiger partial charge in [-0.15, -0.1) is 0 Å². The van der Waals surface area contributed by atoms with Gasteiger partial charge >= 0.3 is 0 Å². The molecule has 1 aromatic rings. The van der Waals surface area contributed by atoms with Gasteiger partial charge in [0.05, 0.1) is 16.6 Å². The smallest absolute Gasteiger partial charge is 0.245 e. The molecule has 0 spiro atoms. The SMILES string of the molecule is CC1(C)C(=O)NCC(=O)N1Cc1cccc(Cl)c1Cl. The first-order valence-corrected chi connectivity index (χ1v) is 6.61. The quantitative estimate of drug-likeness (QED) is 0.910. The first kappa shape index (κ1) is 14.2. The summed E-state index contributed by atoms with van der Waals surface area (Å²) in [5, 5.41) is 3.43. The van der Waals surface area contributed by atoms with Crippen molar-refractivity contribution in [3.05, 3.63) is 33.8 Å². The molecule has 1 saturated heterocycles. The number of nitrogens with zero attached hydrogens (tertiary/aromatic N) is 1. The zero-order valence-electron chi connectivity index (χ0n) is 10.7. The maximum Gasteiger partial charge on any atom is 0.245 e. The van der Waals surface area contributed by atoms with Crippen molar-refractivity contribution >= 4 is 35.0 Å². The highest BCUT2D eigenvalue weighted by atomic mass is 35.5. The molecule has 0 radical (unpaired) electrons. The third-order valence-electron chi connectivity index (χ3n) is 3.29. The van der Waals surface area contributed by atoms with Crippen LogP contribution in [-0.2, 0) is 16.1 Å². The normalized spacial score (nSPS) is 18.4. The van der Waals surface area contributed by atoms with Gasteiger partial charge in [0.2, 0.25) is 11.8 Å². The van der Waals surface area contributed by atoms with Crippen LogP contribution >= 0.6 is 23.2 Å². The van der Waals surface area contributed by atoms with E-state index in [0.29, 0.717) is 10.0 Å². The predicted octanol–water partition coefficient (Wildman–Crippen LogP) is 2.23. The summed E-state index contributed by atoms with van der Waals surface area (Å²) in [5.41, 5.74) is -0.175. The fourth-order valence-electron chi connectivity index (χ4n) is 2.03. The molecule has 1 aliphatic heterocycles. The molecule has 1 aromatic carbocycles. The Bertz CT molecular complexity index is 543. The second kappa shape index (κ2) is 5.02. The summed E-state index contributed by atoms with van der Waals surface area (Å²) < 4.78 is 0. The monoisotopic (exact) mass is 300 g/mol. The lowest BCUT2D eigenvalue weighted by Crippen LogP contribution is -2.63. The van der Waals surface area contributed by atoms with E-state index in [1.54, 1.807) is 32.0 Å². The van der Waals surface area contributed by atoms with Crippen LogP contribution in [0, 0.1) is 0 Å². The molecule has 0 aliphatic carbocycles. The second-order valence-electron chi connectivity index (χ2n) is 4.93. The van der Waals surface area contributed by atoms with Crippen molar-refractivity contribution < 1.29 is 9.59 Å². The molecule has 2 rings (SSSR count). The largest absolute Gasteiger partial charge is 0.345 e. The topological polar surface area (TPSA) is 49.4 Å². The average molecular weight is 301 g/mol. The van der Waals surface area contributed by atoms with Crippen molar-refractivity contribution in [3.8, 4) is 0 Å². The molecule has 0 aromatic heterocycles. The molecule has 0 unspecified atom stereocenters. The van der Waals surface area contributed by atoms with Gasteiger partial charge in [-0.3, -0.25) is 9.59 Å². The van der Waals surface area contributed by atoms with Crippen molar-refractivity contribution in [1.29, 1.82) is 0 Å². The van der Waals surface area contributed by atoms with E-state index in [-0.39, 0.29) is 24.9 Å². The fraction of sp³-hybridized carbons (Fsp3) is 0.385. The van der Waals surface area contributed by atoms with E-state index >= 15 is 0 Å². The molecule has 1 heterocycles. The summed E-state index contributed by atoms with van der Waals surface area (Å²) in [4.78, 5) is 25.4. The Morgan fingerprint density at radius 3 is 2.68 bits per heavy atom. The minimum Gasteiger partial charge on any atom is -0.345 e. The number of hydrogen-bond acceptors (Lipinski definition) is 2. The highest BCUT2D eigenvalue weighted by Crippen LogP contribution is 2.29. The van der Waals surface area contributed by atoms with Crippen LogP contribution < -0.4 is 5.32 Å². The number of amides is 2. The van der Waals surface area contributed by atoms with Gasteiger partial charge in [-0.05, 0) is 25.5 Å². The number of halogens is 2. The minimum atomic E-state index is -0.902. The Morgan fingerprint density at radius 2 is 2.00 bits per heavy atom. The zero-order valence-corrected chi connectivity index (χ0v) is 12.2. The summed E-state index contributed by atoms with van der Waals surface area (Å²) in [6.07, 6.45) is 0. The Balaban J connectivity index is 2.32. The van der Waals surface area contributed by atoms with E-state index in [1.807, 2.05) is 0 Å². The predicted molar refractivity (Wildman–Crippen MR) is 74.1 cm³/mol. The lowest BCUT2D eigenvalue weighted by Gasteiger charge is -2.41. The molecule has 102 valence electrons. The number of nitrogens with one attached hydrogen (secondary N) is 1. The molecule has 1 aliphatic rings. The van der Waals surface area contributed by atoms with Gasteiger partial charge in [-0.25, -0.2) is 0 Å². The van der Waals surface area contributed by atoms with Crippen molar-refractivity contribution in [3.63, 3.8) is 0 Å². The standard InChI is InChI=1S/C13H14Cl2N2O2/c1-13(2)12(19)16-6-10(18)17(13)7-8-4-3-5-9(14)11(8)15/h3-5H,6-7H2,1-2H3,(H,16,19). The van der Waals surface area contributed by atoms with Crippen molar-refractivity contribution in [2.45, 2.75) is 25.9 Å². The Labute approximate surface area is 121 Å². The van der Waals surface area contributed by atoms with Crippen LogP contribution in [0.15, 0.2) is 18.2 Å². The van der Waals surface area contributed by atoms with Crippen LogP contribution in [0.3, 0.4) is 0 Å². The second-order valence-corrected chi connectivity index (χ2v) is 5.72. The van der Waals surface area contributed by atoms with Crippen LogP contribution in [-0.4, -0.2) is 28.8 Å². The number of benzene rings is 1. The van der Waals surface area contributed by atoms with E-state index in [1.165, 1.54) is 4.90 Å². The van der Waals surface area contributed by atoms with Crippen LogP contribution in [0.25, 0.3) is 0 Å². The molecule has 19 heavy (non-hydrogen) atoms. The van der Waals surface area contributed by atoms with Gasteiger partial charge in [0.1, 0.15) is 5.54 Å². The highest BCUT2D eigenvalue weighted by molar-refractivity contribution is 6.42. The summed E-state index contributed by atoms with van der Waals surface area (Å²) in [6, 6.07) is 5.25. The van der Waals surface area contributed by atoms with Crippen molar-refractivity contribution in [2.75, 3.05) is 6.54 Å². The van der Waals surface area contributed by atoms with Gasteiger partial charge in [-0.2, -0.15) is 0 Å². The van der Waals surface area contributed by atoms with Crippen molar-refractivity contribution in [1.82, 2.24) is 10.2 Å². The summed E-state index contributed by atoms with van der Waals surface area (Å²) in [6.45, 7) is 3.69. The summed E-state index contributed by atoms with van der Waals surface area (Å²) in [5.74, 6) is -0.314. The minimum absolute atomic E-state index is 0.0143. The molecule has 6 heteroatoms. The Hall–Kier alpha value is -1.26. The molecule has 1 N–H and O–H groups in total. The zero-order chi connectivity index (χ0) is 14.2. The van der Waals surface area contributed by atoms with Crippen LogP contribution in [0.2, 0.25) is 10.0 Å². The van der Waals surface area contributed by atoms with E-state index in [4.69, 9.17) is 23.2 Å². The first-order chi connectivity index (χ1) is 8.84. The maximum absolute atomic E-state index is 12.0. The molecule has 0 atom stereocenters. The van der Waals surface area contributed by atoms with Gasteiger partial charge in [-0.1, -0.05) is 35.3 Å².